The van der Waals surface area contributed by atoms with E-state index in [0.717, 1.165) is 44.8 Å². The zero-order valence-corrected chi connectivity index (χ0v) is 14.8. The van der Waals surface area contributed by atoms with Crippen LogP contribution in [0.2, 0.25) is 0 Å². The van der Waals surface area contributed by atoms with Gasteiger partial charge in [0.1, 0.15) is 6.04 Å². The van der Waals surface area contributed by atoms with Crippen molar-refractivity contribution in [1.82, 2.24) is 20.4 Å². The van der Waals surface area contributed by atoms with Gasteiger partial charge in [-0.15, -0.1) is 0 Å². The fraction of sp³-hybridized carbons (Fsp3) is 0.611. The molecular weight excluding hydrogens is 304 g/mol. The van der Waals surface area contributed by atoms with E-state index < -0.39 is 0 Å². The molecule has 24 heavy (non-hydrogen) atoms. The summed E-state index contributed by atoms with van der Waals surface area (Å²) in [6.07, 6.45) is 0. The van der Waals surface area contributed by atoms with Gasteiger partial charge in [-0.3, -0.25) is 9.69 Å². The molecule has 1 heterocycles. The third-order valence-electron chi connectivity index (χ3n) is 4.35. The lowest BCUT2D eigenvalue weighted by atomic mass is 10.0. The smallest absolute Gasteiger partial charge is 0.242 e. The summed E-state index contributed by atoms with van der Waals surface area (Å²) in [7, 11) is 3.81. The van der Waals surface area contributed by atoms with E-state index in [0.29, 0.717) is 13.2 Å². The molecule has 0 saturated carbocycles. The monoisotopic (exact) mass is 334 g/mol. The van der Waals surface area contributed by atoms with E-state index in [1.54, 1.807) is 7.11 Å². The standard InChI is InChI=1S/C18H30N4O2/c1-21-11-13-22(14-12-21)17(16-6-4-3-5-7-16)18(23)20-9-8-19-10-15-24-2/h3-7,17,19H,8-15H2,1-2H3,(H,20,23). The van der Waals surface area contributed by atoms with Crippen LogP contribution in [0.25, 0.3) is 0 Å². The Kier molecular flexibility index (Phi) is 8.18. The molecule has 6 heteroatoms. The Bertz CT molecular complexity index is 475. The van der Waals surface area contributed by atoms with E-state index in [1.807, 2.05) is 30.3 Å². The van der Waals surface area contributed by atoms with Crippen molar-refractivity contribution in [2.45, 2.75) is 6.04 Å². The highest BCUT2D eigenvalue weighted by molar-refractivity contribution is 5.83. The molecule has 1 fully saturated rings. The lowest BCUT2D eigenvalue weighted by molar-refractivity contribution is -0.127. The quantitative estimate of drug-likeness (QED) is 0.638. The fourth-order valence-electron chi connectivity index (χ4n) is 2.91. The van der Waals surface area contributed by atoms with Crippen LogP contribution < -0.4 is 10.6 Å². The minimum absolute atomic E-state index is 0.0827. The number of piperazine rings is 1. The average Bonchev–Trinajstić information content (AvgIpc) is 2.61. The number of rotatable bonds is 9. The summed E-state index contributed by atoms with van der Waals surface area (Å²) in [5.41, 5.74) is 1.06. The van der Waals surface area contributed by atoms with E-state index in [4.69, 9.17) is 4.74 Å². The van der Waals surface area contributed by atoms with Crippen molar-refractivity contribution in [3.63, 3.8) is 0 Å². The number of amides is 1. The normalized spacial score (nSPS) is 17.6. The molecule has 0 aliphatic carbocycles. The number of likely N-dealkylation sites (N-methyl/N-ethyl adjacent to an activating group) is 1. The molecule has 2 N–H and O–H groups in total. The van der Waals surface area contributed by atoms with Gasteiger partial charge < -0.3 is 20.3 Å². The summed E-state index contributed by atoms with van der Waals surface area (Å²) in [6.45, 7) is 6.67. The molecule has 1 unspecified atom stereocenters. The third-order valence-corrected chi connectivity index (χ3v) is 4.35. The zero-order chi connectivity index (χ0) is 17.2. The van der Waals surface area contributed by atoms with Crippen LogP contribution in [0, 0.1) is 0 Å². The highest BCUT2D eigenvalue weighted by Gasteiger charge is 2.29. The first-order valence-corrected chi connectivity index (χ1v) is 8.67. The van der Waals surface area contributed by atoms with E-state index in [2.05, 4.69) is 27.5 Å². The lowest BCUT2D eigenvalue weighted by Crippen LogP contribution is -2.50. The van der Waals surface area contributed by atoms with Crippen LogP contribution in [0.4, 0.5) is 0 Å². The molecule has 0 aromatic heterocycles. The maximum absolute atomic E-state index is 12.8. The summed E-state index contributed by atoms with van der Waals surface area (Å²) >= 11 is 0. The molecule has 0 radical (unpaired) electrons. The number of ether oxygens (including phenoxy) is 1. The van der Waals surface area contributed by atoms with Gasteiger partial charge in [0.25, 0.3) is 0 Å². The Balaban J connectivity index is 1.91. The van der Waals surface area contributed by atoms with Crippen molar-refractivity contribution in [3.8, 4) is 0 Å². The topological polar surface area (TPSA) is 56.8 Å². The molecule has 1 aliphatic rings. The fourth-order valence-corrected chi connectivity index (χ4v) is 2.91. The lowest BCUT2D eigenvalue weighted by Gasteiger charge is -2.37. The first-order chi connectivity index (χ1) is 11.7. The Labute approximate surface area is 145 Å². The summed E-state index contributed by atoms with van der Waals surface area (Å²) < 4.78 is 4.99. The largest absolute Gasteiger partial charge is 0.383 e. The second kappa shape index (κ2) is 10.4. The molecule has 134 valence electrons. The Morgan fingerprint density at radius 3 is 2.50 bits per heavy atom. The SMILES string of the molecule is COCCNCCNC(=O)C(c1ccccc1)N1CCN(C)CC1. The Morgan fingerprint density at radius 2 is 1.83 bits per heavy atom. The molecule has 1 atom stereocenters. The van der Waals surface area contributed by atoms with Gasteiger partial charge >= 0.3 is 0 Å². The molecule has 2 rings (SSSR count). The van der Waals surface area contributed by atoms with Gasteiger partial charge in [-0.1, -0.05) is 30.3 Å². The summed E-state index contributed by atoms with van der Waals surface area (Å²) in [5.74, 6) is 0.0827. The van der Waals surface area contributed by atoms with Gasteiger partial charge in [0.2, 0.25) is 5.91 Å². The number of nitrogens with zero attached hydrogens (tertiary/aromatic N) is 2. The number of nitrogens with one attached hydrogen (secondary N) is 2. The van der Waals surface area contributed by atoms with Crippen LogP contribution in [0.5, 0.6) is 0 Å². The van der Waals surface area contributed by atoms with Crippen LogP contribution >= 0.6 is 0 Å². The van der Waals surface area contributed by atoms with Crippen molar-refractivity contribution < 1.29 is 9.53 Å². The van der Waals surface area contributed by atoms with Crippen LogP contribution in [-0.4, -0.2) is 82.3 Å². The minimum Gasteiger partial charge on any atom is -0.383 e. The number of benzene rings is 1. The molecule has 1 amide bonds. The first-order valence-electron chi connectivity index (χ1n) is 8.67. The van der Waals surface area contributed by atoms with Crippen LogP contribution in [0.3, 0.4) is 0 Å². The van der Waals surface area contributed by atoms with Crippen LogP contribution in [0.1, 0.15) is 11.6 Å². The third kappa shape index (κ3) is 5.87. The molecule has 1 aromatic carbocycles. The summed E-state index contributed by atoms with van der Waals surface area (Å²) in [4.78, 5) is 17.4. The maximum Gasteiger partial charge on any atom is 0.242 e. The van der Waals surface area contributed by atoms with Gasteiger partial charge in [0.15, 0.2) is 0 Å². The van der Waals surface area contributed by atoms with Crippen molar-refractivity contribution in [2.24, 2.45) is 0 Å². The first kappa shape index (κ1) is 18.9. The van der Waals surface area contributed by atoms with Gasteiger partial charge in [0.05, 0.1) is 6.61 Å². The van der Waals surface area contributed by atoms with Gasteiger partial charge in [-0.05, 0) is 12.6 Å². The summed E-state index contributed by atoms with van der Waals surface area (Å²) in [5, 5.41) is 6.31. The molecule has 1 saturated heterocycles. The van der Waals surface area contributed by atoms with E-state index in [1.165, 1.54) is 0 Å². The molecule has 1 aromatic rings. The number of carbonyl (C=O) groups is 1. The molecule has 6 nitrogen and oxygen atoms in total. The second-order valence-corrected chi connectivity index (χ2v) is 6.19. The highest BCUT2D eigenvalue weighted by Crippen LogP contribution is 2.22. The van der Waals surface area contributed by atoms with Crippen LogP contribution in [-0.2, 0) is 9.53 Å². The predicted molar refractivity (Wildman–Crippen MR) is 96.0 cm³/mol. The van der Waals surface area contributed by atoms with Gasteiger partial charge in [0, 0.05) is 52.9 Å². The predicted octanol–water partition coefficient (Wildman–Crippen LogP) is 0.327. The second-order valence-electron chi connectivity index (χ2n) is 6.19. The van der Waals surface area contributed by atoms with Crippen molar-refractivity contribution in [1.29, 1.82) is 0 Å². The van der Waals surface area contributed by atoms with E-state index in [-0.39, 0.29) is 11.9 Å². The number of methoxy groups -OCH3 is 1. The minimum atomic E-state index is -0.209. The molecular formula is C18H30N4O2. The van der Waals surface area contributed by atoms with Gasteiger partial charge in [-0.25, -0.2) is 0 Å². The molecule has 1 aliphatic heterocycles. The molecule has 0 bridgehead atoms. The zero-order valence-electron chi connectivity index (χ0n) is 14.8. The molecule has 0 spiro atoms. The highest BCUT2D eigenvalue weighted by atomic mass is 16.5. The van der Waals surface area contributed by atoms with E-state index >= 15 is 0 Å². The van der Waals surface area contributed by atoms with Crippen molar-refractivity contribution >= 4 is 5.91 Å². The Morgan fingerprint density at radius 1 is 1.12 bits per heavy atom. The van der Waals surface area contributed by atoms with E-state index in [9.17, 15) is 4.79 Å². The number of hydrogen-bond donors (Lipinski definition) is 2. The maximum atomic E-state index is 12.8. The van der Waals surface area contributed by atoms with Crippen LogP contribution in [0.15, 0.2) is 30.3 Å². The number of hydrogen-bond acceptors (Lipinski definition) is 5. The average molecular weight is 334 g/mol. The van der Waals surface area contributed by atoms with Gasteiger partial charge in [-0.2, -0.15) is 0 Å². The number of carbonyl (C=O) groups excluding carboxylic acids is 1. The Hall–Kier alpha value is -1.47. The van der Waals surface area contributed by atoms with Crippen molar-refractivity contribution in [3.05, 3.63) is 35.9 Å². The summed E-state index contributed by atoms with van der Waals surface area (Å²) in [6, 6.07) is 9.86. The van der Waals surface area contributed by atoms with Crippen molar-refractivity contribution in [2.75, 3.05) is 66.6 Å².